The molecule has 10 heavy (non-hydrogen) atoms. The lowest BCUT2D eigenvalue weighted by Gasteiger charge is -1.95. The van der Waals surface area contributed by atoms with Gasteiger partial charge in [-0.25, -0.2) is 0 Å². The molecule has 0 aliphatic carbocycles. The van der Waals surface area contributed by atoms with Crippen molar-refractivity contribution < 1.29 is 0 Å². The van der Waals surface area contributed by atoms with Crippen LogP contribution in [0.1, 0.15) is 5.56 Å². The maximum atomic E-state index is 11.0. The average molecular weight is 136 g/mol. The van der Waals surface area contributed by atoms with Crippen molar-refractivity contribution in [2.24, 2.45) is 7.05 Å². The van der Waals surface area contributed by atoms with Gasteiger partial charge in [-0.2, -0.15) is 0 Å². The number of hydrogen-bond donors (Lipinski definition) is 1. The molecular weight excluding hydrogens is 128 g/mol. The fourth-order valence-electron chi connectivity index (χ4n) is 0.728. The molecule has 0 fully saturated rings. The Balaban J connectivity index is 3.42. The van der Waals surface area contributed by atoms with Crippen molar-refractivity contribution in [2.75, 3.05) is 0 Å². The third kappa shape index (κ3) is 0.978. The number of nitrogens with one attached hydrogen (secondary N) is 1. The van der Waals surface area contributed by atoms with Gasteiger partial charge in [-0.3, -0.25) is 4.79 Å². The van der Waals surface area contributed by atoms with Crippen LogP contribution in [0.2, 0.25) is 0 Å². The summed E-state index contributed by atoms with van der Waals surface area (Å²) in [6, 6.07) is 3.36. The van der Waals surface area contributed by atoms with Crippen molar-refractivity contribution in [1.29, 1.82) is 5.41 Å². The summed E-state index contributed by atoms with van der Waals surface area (Å²) in [7, 11) is 1.66. The third-order valence-corrected chi connectivity index (χ3v) is 1.31. The Labute approximate surface area is 58.4 Å². The molecule has 1 aromatic rings. The van der Waals surface area contributed by atoms with Crippen LogP contribution in [0.4, 0.5) is 0 Å². The highest BCUT2D eigenvalue weighted by Crippen LogP contribution is 1.83. The lowest BCUT2D eigenvalue weighted by molar-refractivity contribution is 0.858. The van der Waals surface area contributed by atoms with Crippen LogP contribution in [0.3, 0.4) is 0 Å². The van der Waals surface area contributed by atoms with Gasteiger partial charge in [0.25, 0.3) is 5.56 Å². The molecule has 1 rings (SSSR count). The zero-order chi connectivity index (χ0) is 7.56. The Morgan fingerprint density at radius 1 is 1.70 bits per heavy atom. The molecule has 0 amide bonds. The first-order valence-corrected chi connectivity index (χ1v) is 2.92. The minimum Gasteiger partial charge on any atom is -0.318 e. The van der Waals surface area contributed by atoms with E-state index in [2.05, 4.69) is 0 Å². The molecule has 0 aliphatic rings. The number of rotatable bonds is 1. The summed E-state index contributed by atoms with van der Waals surface area (Å²) in [5.41, 5.74) is 0.294. The van der Waals surface area contributed by atoms with Crippen LogP contribution in [0.5, 0.6) is 0 Å². The van der Waals surface area contributed by atoms with Gasteiger partial charge in [-0.15, -0.1) is 0 Å². The number of pyridine rings is 1. The molecule has 0 aromatic carbocycles. The fourth-order valence-corrected chi connectivity index (χ4v) is 0.728. The normalized spacial score (nSPS) is 9.30. The van der Waals surface area contributed by atoms with Gasteiger partial charge in [0.15, 0.2) is 0 Å². The minimum atomic E-state index is -0.127. The van der Waals surface area contributed by atoms with E-state index < -0.39 is 0 Å². The standard InChI is InChI=1S/C7H8N2O/c1-9-4-2-3-6(5-8)7(9)10/h2-5,8H,1H3. The number of aromatic nitrogens is 1. The SMILES string of the molecule is Cn1cccc(C=N)c1=O. The summed E-state index contributed by atoms with van der Waals surface area (Å²) in [4.78, 5) is 11.0. The summed E-state index contributed by atoms with van der Waals surface area (Å²) in [6.07, 6.45) is 2.72. The Hall–Kier alpha value is -1.38. The van der Waals surface area contributed by atoms with E-state index in [0.29, 0.717) is 5.56 Å². The smallest absolute Gasteiger partial charge is 0.259 e. The molecule has 1 heterocycles. The Bertz CT molecular complexity index is 301. The molecule has 1 aromatic heterocycles. The second kappa shape index (κ2) is 2.47. The summed E-state index contributed by atoms with van der Waals surface area (Å²) in [5.74, 6) is 0. The lowest BCUT2D eigenvalue weighted by atomic mass is 10.3. The van der Waals surface area contributed by atoms with Crippen molar-refractivity contribution >= 4 is 6.21 Å². The van der Waals surface area contributed by atoms with Crippen molar-refractivity contribution in [3.8, 4) is 0 Å². The molecule has 0 aliphatic heterocycles. The van der Waals surface area contributed by atoms with E-state index in [0.717, 1.165) is 6.21 Å². The summed E-state index contributed by atoms with van der Waals surface area (Å²) in [5, 5.41) is 6.84. The molecule has 3 heteroatoms. The van der Waals surface area contributed by atoms with Gasteiger partial charge in [-0.05, 0) is 12.1 Å². The molecule has 0 atom stereocenters. The van der Waals surface area contributed by atoms with Crippen LogP contribution in [0.15, 0.2) is 23.1 Å². The second-order valence-electron chi connectivity index (χ2n) is 2.02. The molecule has 52 valence electrons. The van der Waals surface area contributed by atoms with Gasteiger partial charge in [0.05, 0.1) is 5.56 Å². The van der Waals surface area contributed by atoms with E-state index in [-0.39, 0.29) is 5.56 Å². The van der Waals surface area contributed by atoms with Gasteiger partial charge in [-0.1, -0.05) is 0 Å². The van der Waals surface area contributed by atoms with Crippen molar-refractivity contribution in [3.05, 3.63) is 34.2 Å². The molecule has 0 bridgehead atoms. The summed E-state index contributed by atoms with van der Waals surface area (Å²) >= 11 is 0. The van der Waals surface area contributed by atoms with Crippen molar-refractivity contribution in [3.63, 3.8) is 0 Å². The second-order valence-corrected chi connectivity index (χ2v) is 2.02. The van der Waals surface area contributed by atoms with E-state index in [1.807, 2.05) is 0 Å². The molecule has 0 saturated heterocycles. The minimum absolute atomic E-state index is 0.127. The lowest BCUT2D eigenvalue weighted by Crippen LogP contribution is -2.19. The van der Waals surface area contributed by atoms with Crippen molar-refractivity contribution in [2.45, 2.75) is 0 Å². The van der Waals surface area contributed by atoms with Gasteiger partial charge in [0, 0.05) is 19.5 Å². The first-order valence-electron chi connectivity index (χ1n) is 2.92. The van der Waals surface area contributed by atoms with Crippen LogP contribution < -0.4 is 5.56 Å². The van der Waals surface area contributed by atoms with Crippen LogP contribution >= 0.6 is 0 Å². The Morgan fingerprint density at radius 2 is 2.40 bits per heavy atom. The van der Waals surface area contributed by atoms with Crippen molar-refractivity contribution in [1.82, 2.24) is 4.57 Å². The van der Waals surface area contributed by atoms with Crippen LogP contribution in [-0.2, 0) is 7.05 Å². The quantitative estimate of drug-likeness (QED) is 0.557. The van der Waals surface area contributed by atoms with E-state index in [4.69, 9.17) is 5.41 Å². The highest BCUT2D eigenvalue weighted by atomic mass is 16.1. The molecular formula is C7H8N2O. The summed E-state index contributed by atoms with van der Waals surface area (Å²) < 4.78 is 1.44. The molecule has 0 spiro atoms. The Kier molecular flexibility index (Phi) is 1.67. The fraction of sp³-hybridized carbons (Fsp3) is 0.143. The van der Waals surface area contributed by atoms with Crippen LogP contribution in [-0.4, -0.2) is 10.8 Å². The first kappa shape index (κ1) is 6.74. The number of hydrogen-bond acceptors (Lipinski definition) is 2. The maximum absolute atomic E-state index is 11.0. The molecule has 0 radical (unpaired) electrons. The molecule has 0 saturated carbocycles. The van der Waals surface area contributed by atoms with Crippen LogP contribution in [0.25, 0.3) is 0 Å². The summed E-state index contributed by atoms with van der Waals surface area (Å²) in [6.45, 7) is 0. The zero-order valence-electron chi connectivity index (χ0n) is 5.66. The van der Waals surface area contributed by atoms with Gasteiger partial charge in [0.1, 0.15) is 0 Å². The largest absolute Gasteiger partial charge is 0.318 e. The number of aryl methyl sites for hydroxylation is 1. The monoisotopic (exact) mass is 136 g/mol. The zero-order valence-corrected chi connectivity index (χ0v) is 5.66. The number of nitrogens with zero attached hydrogens (tertiary/aromatic N) is 1. The molecule has 1 N–H and O–H groups in total. The van der Waals surface area contributed by atoms with E-state index >= 15 is 0 Å². The highest BCUT2D eigenvalue weighted by molar-refractivity contribution is 5.75. The Morgan fingerprint density at radius 3 is 2.90 bits per heavy atom. The maximum Gasteiger partial charge on any atom is 0.259 e. The van der Waals surface area contributed by atoms with E-state index in [1.54, 1.807) is 25.4 Å². The molecule has 3 nitrogen and oxygen atoms in total. The van der Waals surface area contributed by atoms with Gasteiger partial charge < -0.3 is 9.98 Å². The predicted molar refractivity (Wildman–Crippen MR) is 39.6 cm³/mol. The topological polar surface area (TPSA) is 45.9 Å². The van der Waals surface area contributed by atoms with Gasteiger partial charge >= 0.3 is 0 Å². The van der Waals surface area contributed by atoms with Gasteiger partial charge in [0.2, 0.25) is 0 Å². The third-order valence-electron chi connectivity index (χ3n) is 1.31. The first-order chi connectivity index (χ1) is 4.75. The molecule has 0 unspecified atom stereocenters. The van der Waals surface area contributed by atoms with E-state index in [1.165, 1.54) is 4.57 Å². The average Bonchev–Trinajstić information content (AvgIpc) is 1.95. The highest BCUT2D eigenvalue weighted by Gasteiger charge is 1.93. The van der Waals surface area contributed by atoms with E-state index in [9.17, 15) is 4.79 Å². The van der Waals surface area contributed by atoms with Crippen LogP contribution in [0, 0.1) is 5.41 Å². The predicted octanol–water partition coefficient (Wildman–Crippen LogP) is 0.383.